The van der Waals surface area contributed by atoms with E-state index < -0.39 is 16.7 Å². The van der Waals surface area contributed by atoms with Crippen LogP contribution in [0.2, 0.25) is 0 Å². The van der Waals surface area contributed by atoms with Gasteiger partial charge in [-0.1, -0.05) is 30.0 Å². The molecule has 2 aromatic heterocycles. The highest BCUT2D eigenvalue weighted by atomic mass is 32.2. The molecule has 2 aromatic carbocycles. The number of aromatic nitrogens is 2. The number of rotatable bonds is 6. The number of nitrogens with zero attached hydrogens (tertiary/aromatic N) is 2. The van der Waals surface area contributed by atoms with E-state index in [1.54, 1.807) is 6.20 Å². The lowest BCUT2D eigenvalue weighted by Crippen LogP contribution is -2.42. The molecule has 0 bridgehead atoms. The number of carbonyl (C=O) groups excluding carboxylic acids is 2. The number of H-pyrrole nitrogens is 1. The number of nitro benzene ring substituents is 1. The standard InChI is InChI=1S/C21H17N5O4S2/c1-12-11-31-21(23-12)32-18-7-6-13(8-17(18)26(29)30)20(28)25-24-19(27)9-14-10-22-16-5-3-2-4-15(14)16/h2-8,10-11,22H,9H2,1H3,(H,24,27)(H,25,28). The summed E-state index contributed by atoms with van der Waals surface area (Å²) in [4.78, 5) is 43.4. The van der Waals surface area contributed by atoms with Crippen molar-refractivity contribution in [2.24, 2.45) is 0 Å². The SMILES string of the molecule is Cc1csc(Sc2ccc(C(=O)NNC(=O)Cc3c[nH]c4ccccc34)cc2[N+](=O)[O-])n1. The van der Waals surface area contributed by atoms with Gasteiger partial charge in [-0.25, -0.2) is 4.98 Å². The number of fused-ring (bicyclic) bond motifs is 1. The van der Waals surface area contributed by atoms with E-state index in [1.165, 1.54) is 41.3 Å². The Balaban J connectivity index is 1.41. The average molecular weight is 468 g/mol. The van der Waals surface area contributed by atoms with Crippen LogP contribution >= 0.6 is 23.1 Å². The molecule has 162 valence electrons. The summed E-state index contributed by atoms with van der Waals surface area (Å²) in [6.45, 7) is 1.84. The van der Waals surface area contributed by atoms with E-state index in [9.17, 15) is 19.7 Å². The Hall–Kier alpha value is -3.70. The number of nitrogens with one attached hydrogen (secondary N) is 3. The smallest absolute Gasteiger partial charge is 0.284 e. The monoisotopic (exact) mass is 467 g/mol. The molecule has 0 unspecified atom stereocenters. The fraction of sp³-hybridized carbons (Fsp3) is 0.0952. The first kappa shape index (κ1) is 21.5. The molecule has 0 spiro atoms. The van der Waals surface area contributed by atoms with Gasteiger partial charge in [0.1, 0.15) is 0 Å². The van der Waals surface area contributed by atoms with Crippen LogP contribution in [0.1, 0.15) is 21.6 Å². The molecular weight excluding hydrogens is 450 g/mol. The zero-order valence-electron chi connectivity index (χ0n) is 16.7. The average Bonchev–Trinajstić information content (AvgIpc) is 3.38. The highest BCUT2D eigenvalue weighted by Gasteiger charge is 2.20. The molecule has 11 heteroatoms. The summed E-state index contributed by atoms with van der Waals surface area (Å²) in [6.07, 6.45) is 1.81. The maximum absolute atomic E-state index is 12.4. The summed E-state index contributed by atoms with van der Waals surface area (Å²) >= 11 is 2.56. The summed E-state index contributed by atoms with van der Waals surface area (Å²) in [7, 11) is 0. The molecule has 4 rings (SSSR count). The molecule has 9 nitrogen and oxygen atoms in total. The van der Waals surface area contributed by atoms with Gasteiger partial charge in [0, 0.05) is 39.8 Å². The van der Waals surface area contributed by atoms with Gasteiger partial charge >= 0.3 is 0 Å². The number of hydrazine groups is 1. The minimum atomic E-state index is -0.651. The fourth-order valence-corrected chi connectivity index (χ4v) is 4.93. The van der Waals surface area contributed by atoms with Crippen LogP contribution in [0, 0.1) is 17.0 Å². The van der Waals surface area contributed by atoms with E-state index >= 15 is 0 Å². The first-order valence-electron chi connectivity index (χ1n) is 9.43. The fourth-order valence-electron chi connectivity index (χ4n) is 3.05. The van der Waals surface area contributed by atoms with Crippen molar-refractivity contribution < 1.29 is 14.5 Å². The zero-order chi connectivity index (χ0) is 22.7. The van der Waals surface area contributed by atoms with Gasteiger partial charge < -0.3 is 4.98 Å². The lowest BCUT2D eigenvalue weighted by Gasteiger charge is -2.08. The van der Waals surface area contributed by atoms with Crippen molar-refractivity contribution in [1.82, 2.24) is 20.8 Å². The number of nitro groups is 1. The molecule has 0 fully saturated rings. The molecule has 0 aliphatic rings. The quantitative estimate of drug-likeness (QED) is 0.290. The number of amides is 2. The van der Waals surface area contributed by atoms with Crippen molar-refractivity contribution in [3.05, 3.63) is 81.0 Å². The molecule has 4 aromatic rings. The van der Waals surface area contributed by atoms with Crippen LogP contribution in [0.4, 0.5) is 5.69 Å². The number of carbonyl (C=O) groups is 2. The van der Waals surface area contributed by atoms with E-state index in [4.69, 9.17) is 0 Å². The number of aryl methyl sites for hydroxylation is 1. The molecule has 0 radical (unpaired) electrons. The Morgan fingerprint density at radius 1 is 1.22 bits per heavy atom. The van der Waals surface area contributed by atoms with Crippen molar-refractivity contribution in [2.75, 3.05) is 0 Å². The predicted molar refractivity (Wildman–Crippen MR) is 122 cm³/mol. The molecular formula is C21H17N5O4S2. The molecule has 0 aliphatic carbocycles. The van der Waals surface area contributed by atoms with Crippen LogP contribution in [0.25, 0.3) is 10.9 Å². The largest absolute Gasteiger partial charge is 0.361 e. The highest BCUT2D eigenvalue weighted by molar-refractivity contribution is 8.01. The van der Waals surface area contributed by atoms with Gasteiger partial charge in [-0.2, -0.15) is 0 Å². The maximum Gasteiger partial charge on any atom is 0.284 e. The van der Waals surface area contributed by atoms with E-state index in [1.807, 2.05) is 36.6 Å². The normalized spacial score (nSPS) is 10.8. The maximum atomic E-state index is 12.4. The van der Waals surface area contributed by atoms with Crippen LogP contribution in [-0.2, 0) is 11.2 Å². The molecule has 0 atom stereocenters. The topological polar surface area (TPSA) is 130 Å². The number of para-hydroxylation sites is 1. The minimum Gasteiger partial charge on any atom is -0.361 e. The summed E-state index contributed by atoms with van der Waals surface area (Å²) in [5.74, 6) is -1.06. The molecule has 2 heterocycles. The zero-order valence-corrected chi connectivity index (χ0v) is 18.4. The summed E-state index contributed by atoms with van der Waals surface area (Å²) in [6, 6.07) is 11.7. The number of aromatic amines is 1. The van der Waals surface area contributed by atoms with Gasteiger partial charge in [-0.3, -0.25) is 30.6 Å². The van der Waals surface area contributed by atoms with Gasteiger partial charge in [0.15, 0.2) is 4.34 Å². The van der Waals surface area contributed by atoms with E-state index in [-0.39, 0.29) is 17.7 Å². The molecule has 2 amide bonds. The lowest BCUT2D eigenvalue weighted by molar-refractivity contribution is -0.387. The van der Waals surface area contributed by atoms with Gasteiger partial charge in [-0.15, -0.1) is 11.3 Å². The van der Waals surface area contributed by atoms with Crippen molar-refractivity contribution in [3.8, 4) is 0 Å². The Labute approximate surface area is 190 Å². The first-order chi connectivity index (χ1) is 15.4. The van der Waals surface area contributed by atoms with Crippen LogP contribution in [-0.4, -0.2) is 26.7 Å². The number of hydrogen-bond acceptors (Lipinski definition) is 7. The summed E-state index contributed by atoms with van der Waals surface area (Å²) in [5.41, 5.74) is 7.06. The predicted octanol–water partition coefficient (Wildman–Crippen LogP) is 4.00. The Morgan fingerprint density at radius 2 is 2.03 bits per heavy atom. The van der Waals surface area contributed by atoms with Crippen LogP contribution in [0.3, 0.4) is 0 Å². The summed E-state index contributed by atoms with van der Waals surface area (Å²) in [5, 5.41) is 14.3. The van der Waals surface area contributed by atoms with Crippen molar-refractivity contribution in [1.29, 1.82) is 0 Å². The van der Waals surface area contributed by atoms with Crippen LogP contribution < -0.4 is 10.9 Å². The second-order valence-electron chi connectivity index (χ2n) is 6.84. The van der Waals surface area contributed by atoms with Gasteiger partial charge in [0.05, 0.1) is 16.2 Å². The van der Waals surface area contributed by atoms with Crippen LogP contribution in [0.5, 0.6) is 0 Å². The van der Waals surface area contributed by atoms with Crippen molar-refractivity contribution in [3.63, 3.8) is 0 Å². The third kappa shape index (κ3) is 4.79. The van der Waals surface area contributed by atoms with Crippen molar-refractivity contribution >= 4 is 51.5 Å². The third-order valence-electron chi connectivity index (χ3n) is 4.55. The van der Waals surface area contributed by atoms with Crippen molar-refractivity contribution in [2.45, 2.75) is 22.6 Å². The van der Waals surface area contributed by atoms with Gasteiger partial charge in [0.25, 0.3) is 11.6 Å². The molecule has 0 aliphatic heterocycles. The highest BCUT2D eigenvalue weighted by Crippen LogP contribution is 2.36. The van der Waals surface area contributed by atoms with Gasteiger partial charge in [-0.05, 0) is 30.7 Å². The summed E-state index contributed by atoms with van der Waals surface area (Å²) < 4.78 is 0.673. The Bertz CT molecular complexity index is 1330. The van der Waals surface area contributed by atoms with Gasteiger partial charge in [0.2, 0.25) is 5.91 Å². The minimum absolute atomic E-state index is 0.0590. The third-order valence-corrected chi connectivity index (χ3v) is 6.68. The first-order valence-corrected chi connectivity index (χ1v) is 11.1. The number of thiazole rings is 1. The second kappa shape index (κ2) is 9.20. The molecule has 32 heavy (non-hydrogen) atoms. The molecule has 3 N–H and O–H groups in total. The van der Waals surface area contributed by atoms with E-state index in [0.29, 0.717) is 9.24 Å². The Morgan fingerprint density at radius 3 is 2.78 bits per heavy atom. The van der Waals surface area contributed by atoms with Crippen LogP contribution in [0.15, 0.2) is 63.3 Å². The number of benzene rings is 2. The Kier molecular flexibility index (Phi) is 6.19. The molecule has 0 saturated heterocycles. The van der Waals surface area contributed by atoms with E-state index in [0.717, 1.165) is 22.2 Å². The molecule has 0 saturated carbocycles. The second-order valence-corrected chi connectivity index (χ2v) is 8.98. The van der Waals surface area contributed by atoms with E-state index in [2.05, 4.69) is 20.8 Å². The lowest BCUT2D eigenvalue weighted by atomic mass is 10.1. The number of hydrogen-bond donors (Lipinski definition) is 3.